The fourth-order valence-corrected chi connectivity index (χ4v) is 3.37. The molecule has 1 aromatic carbocycles. The van der Waals surface area contributed by atoms with Gasteiger partial charge in [-0.15, -0.1) is 0 Å². The molecular formula is C20H18N4O2. The second-order valence-corrected chi connectivity index (χ2v) is 6.38. The number of nitrogens with one attached hydrogen (secondary N) is 1. The van der Waals surface area contributed by atoms with Crippen molar-refractivity contribution in [2.45, 2.75) is 6.92 Å². The van der Waals surface area contributed by atoms with Crippen molar-refractivity contribution < 1.29 is 4.79 Å². The van der Waals surface area contributed by atoms with Crippen molar-refractivity contribution in [2.75, 3.05) is 5.32 Å². The molecule has 3 aromatic heterocycles. The molecule has 1 N–H and O–H groups in total. The van der Waals surface area contributed by atoms with E-state index in [2.05, 4.69) is 10.3 Å². The average Bonchev–Trinajstić information content (AvgIpc) is 2.92. The Kier molecular flexibility index (Phi) is 3.61. The molecule has 6 nitrogen and oxygen atoms in total. The maximum Gasteiger partial charge on any atom is 0.274 e. The van der Waals surface area contributed by atoms with Gasteiger partial charge in [0.25, 0.3) is 11.5 Å². The smallest absolute Gasteiger partial charge is 0.274 e. The van der Waals surface area contributed by atoms with Crippen LogP contribution < -0.4 is 10.9 Å². The number of para-hydroxylation sites is 1. The number of benzene rings is 1. The molecule has 0 fully saturated rings. The normalized spacial score (nSPS) is 11.2. The molecule has 6 heteroatoms. The molecule has 0 saturated heterocycles. The molecule has 0 saturated carbocycles. The fourth-order valence-electron chi connectivity index (χ4n) is 3.37. The summed E-state index contributed by atoms with van der Waals surface area (Å²) in [6.07, 6.45) is 1.59. The van der Waals surface area contributed by atoms with E-state index in [4.69, 9.17) is 0 Å². The minimum Gasteiger partial charge on any atom is -0.339 e. The number of carbonyl (C=O) groups is 1. The highest BCUT2D eigenvalue weighted by Crippen LogP contribution is 2.29. The predicted octanol–water partition coefficient (Wildman–Crippen LogP) is 2.99. The molecule has 0 aliphatic carbocycles. The molecule has 3 heterocycles. The fraction of sp³-hybridized carbons (Fsp3) is 0.150. The second-order valence-electron chi connectivity index (χ2n) is 6.38. The largest absolute Gasteiger partial charge is 0.339 e. The van der Waals surface area contributed by atoms with E-state index >= 15 is 0 Å². The van der Waals surface area contributed by atoms with Gasteiger partial charge < -0.3 is 14.5 Å². The first kappa shape index (κ1) is 16.1. The van der Waals surface area contributed by atoms with Crippen LogP contribution in [0.4, 0.5) is 5.82 Å². The molecule has 4 aromatic rings. The minimum atomic E-state index is -0.292. The summed E-state index contributed by atoms with van der Waals surface area (Å²) in [5.74, 6) is 0.192. The number of pyridine rings is 2. The third-order valence-corrected chi connectivity index (χ3v) is 4.60. The summed E-state index contributed by atoms with van der Waals surface area (Å²) in [4.78, 5) is 30.0. The molecule has 0 radical (unpaired) electrons. The van der Waals surface area contributed by atoms with Crippen LogP contribution in [0.15, 0.2) is 53.5 Å². The number of rotatable bonds is 2. The molecule has 0 aliphatic heterocycles. The van der Waals surface area contributed by atoms with Crippen molar-refractivity contribution in [3.63, 3.8) is 0 Å². The zero-order chi connectivity index (χ0) is 18.4. The van der Waals surface area contributed by atoms with Crippen molar-refractivity contribution >= 4 is 33.5 Å². The molecule has 1 amide bonds. The summed E-state index contributed by atoms with van der Waals surface area (Å²) >= 11 is 0. The van der Waals surface area contributed by atoms with Crippen LogP contribution in [0.5, 0.6) is 0 Å². The Morgan fingerprint density at radius 3 is 2.62 bits per heavy atom. The van der Waals surface area contributed by atoms with Crippen LogP contribution in [0, 0.1) is 6.92 Å². The van der Waals surface area contributed by atoms with Gasteiger partial charge >= 0.3 is 0 Å². The first-order valence-corrected chi connectivity index (χ1v) is 8.29. The Morgan fingerprint density at radius 2 is 1.85 bits per heavy atom. The molecule has 26 heavy (non-hydrogen) atoms. The third-order valence-electron chi connectivity index (χ3n) is 4.60. The molecule has 0 spiro atoms. The Morgan fingerprint density at radius 1 is 1.08 bits per heavy atom. The highest BCUT2D eigenvalue weighted by molar-refractivity contribution is 6.20. The van der Waals surface area contributed by atoms with Crippen molar-refractivity contribution in [3.05, 3.63) is 70.3 Å². The summed E-state index contributed by atoms with van der Waals surface area (Å²) in [6.45, 7) is 1.87. The molecule has 130 valence electrons. The topological polar surface area (TPSA) is 68.9 Å². The van der Waals surface area contributed by atoms with E-state index in [9.17, 15) is 9.59 Å². The third kappa shape index (κ3) is 2.38. The van der Waals surface area contributed by atoms with Gasteiger partial charge in [-0.2, -0.15) is 0 Å². The standard InChI is InChI=1S/C20H18N4O2/c1-12-7-6-10-16(21-12)22-19(25)14-11-23(2)20(26)18-17(14)13-8-4-5-9-15(13)24(18)3/h4-11H,1-3H3,(H,21,22,25). The van der Waals surface area contributed by atoms with Crippen LogP contribution in [-0.4, -0.2) is 20.0 Å². The molecule has 0 bridgehead atoms. The van der Waals surface area contributed by atoms with Crippen molar-refractivity contribution in [2.24, 2.45) is 14.1 Å². The summed E-state index contributed by atoms with van der Waals surface area (Å²) in [5, 5.41) is 4.38. The number of anilines is 1. The monoisotopic (exact) mass is 346 g/mol. The van der Waals surface area contributed by atoms with Crippen molar-refractivity contribution in [1.82, 2.24) is 14.1 Å². The minimum absolute atomic E-state index is 0.135. The van der Waals surface area contributed by atoms with Crippen molar-refractivity contribution in [1.29, 1.82) is 0 Å². The highest BCUT2D eigenvalue weighted by Gasteiger charge is 2.20. The van der Waals surface area contributed by atoms with Crippen LogP contribution in [0.3, 0.4) is 0 Å². The van der Waals surface area contributed by atoms with Gasteiger partial charge in [-0.05, 0) is 25.1 Å². The average molecular weight is 346 g/mol. The molecule has 4 rings (SSSR count). The lowest BCUT2D eigenvalue weighted by molar-refractivity contribution is 0.102. The maximum atomic E-state index is 13.0. The van der Waals surface area contributed by atoms with Gasteiger partial charge in [0.05, 0.1) is 5.56 Å². The van der Waals surface area contributed by atoms with Crippen LogP contribution in [-0.2, 0) is 14.1 Å². The number of aryl methyl sites for hydroxylation is 3. The summed E-state index contributed by atoms with van der Waals surface area (Å²) < 4.78 is 3.29. The number of fused-ring (bicyclic) bond motifs is 3. The Bertz CT molecular complexity index is 1230. The zero-order valence-electron chi connectivity index (χ0n) is 14.8. The Labute approximate surface area is 149 Å². The lowest BCUT2D eigenvalue weighted by Gasteiger charge is -2.09. The Hall–Kier alpha value is -3.41. The van der Waals surface area contributed by atoms with Crippen LogP contribution >= 0.6 is 0 Å². The lowest BCUT2D eigenvalue weighted by atomic mass is 10.1. The van der Waals surface area contributed by atoms with Gasteiger partial charge in [0.15, 0.2) is 0 Å². The molecule has 0 aliphatic rings. The van der Waals surface area contributed by atoms with E-state index in [1.54, 1.807) is 19.3 Å². The number of hydrogen-bond donors (Lipinski definition) is 1. The zero-order valence-corrected chi connectivity index (χ0v) is 14.8. The van der Waals surface area contributed by atoms with E-state index < -0.39 is 0 Å². The first-order chi connectivity index (χ1) is 12.5. The van der Waals surface area contributed by atoms with Gasteiger partial charge in [0.2, 0.25) is 0 Å². The first-order valence-electron chi connectivity index (χ1n) is 8.29. The van der Waals surface area contributed by atoms with E-state index in [-0.39, 0.29) is 11.5 Å². The van der Waals surface area contributed by atoms with Gasteiger partial charge in [-0.25, -0.2) is 4.98 Å². The number of nitrogens with zero attached hydrogens (tertiary/aromatic N) is 3. The van der Waals surface area contributed by atoms with E-state index in [1.807, 2.05) is 54.9 Å². The van der Waals surface area contributed by atoms with E-state index in [1.165, 1.54) is 4.57 Å². The van der Waals surface area contributed by atoms with Gasteiger partial charge in [0.1, 0.15) is 11.3 Å². The maximum absolute atomic E-state index is 13.0. The summed E-state index contributed by atoms with van der Waals surface area (Å²) in [7, 11) is 3.50. The van der Waals surface area contributed by atoms with Gasteiger partial charge in [-0.3, -0.25) is 9.59 Å². The van der Waals surface area contributed by atoms with Gasteiger partial charge in [0, 0.05) is 42.3 Å². The van der Waals surface area contributed by atoms with Crippen LogP contribution in [0.1, 0.15) is 16.1 Å². The number of carbonyl (C=O) groups excluding carboxylic acids is 1. The SMILES string of the molecule is Cc1cccc(NC(=O)c2cn(C)c(=O)c3c2c2ccccc2n3C)n1. The second kappa shape index (κ2) is 5.84. The van der Waals surface area contributed by atoms with Gasteiger partial charge in [-0.1, -0.05) is 24.3 Å². The lowest BCUT2D eigenvalue weighted by Crippen LogP contribution is -2.22. The number of hydrogen-bond acceptors (Lipinski definition) is 3. The Balaban J connectivity index is 1.98. The van der Waals surface area contributed by atoms with Crippen LogP contribution in [0.2, 0.25) is 0 Å². The predicted molar refractivity (Wildman–Crippen MR) is 103 cm³/mol. The molecule has 0 atom stereocenters. The number of amides is 1. The quantitative estimate of drug-likeness (QED) is 0.607. The van der Waals surface area contributed by atoms with E-state index in [0.717, 1.165) is 16.6 Å². The summed E-state index contributed by atoms with van der Waals surface area (Å²) in [5.41, 5.74) is 2.55. The molecular weight excluding hydrogens is 328 g/mol. The number of aromatic nitrogens is 3. The molecule has 0 unspecified atom stereocenters. The highest BCUT2D eigenvalue weighted by atomic mass is 16.2. The van der Waals surface area contributed by atoms with Crippen molar-refractivity contribution in [3.8, 4) is 0 Å². The summed E-state index contributed by atoms with van der Waals surface area (Å²) in [6, 6.07) is 13.1. The van der Waals surface area contributed by atoms with E-state index in [0.29, 0.717) is 22.3 Å². The van der Waals surface area contributed by atoms with Crippen LogP contribution in [0.25, 0.3) is 21.8 Å².